The molecular formula is C21H22O11. The van der Waals surface area contributed by atoms with Crippen LogP contribution in [0.2, 0.25) is 0 Å². The van der Waals surface area contributed by atoms with E-state index in [1.165, 1.54) is 24.3 Å². The quantitative estimate of drug-likeness (QED) is 0.303. The van der Waals surface area contributed by atoms with Gasteiger partial charge in [0.05, 0.1) is 13.0 Å². The Hall–Kier alpha value is -3.09. The zero-order valence-corrected chi connectivity index (χ0v) is 16.5. The molecule has 0 aromatic heterocycles. The highest BCUT2D eigenvalue weighted by molar-refractivity contribution is 6.02. The molecule has 172 valence electrons. The number of rotatable bonds is 4. The molecule has 2 aromatic rings. The van der Waals surface area contributed by atoms with E-state index in [1.807, 2.05) is 0 Å². The number of aromatic hydroxyl groups is 3. The van der Waals surface area contributed by atoms with Crippen molar-refractivity contribution < 1.29 is 54.8 Å². The summed E-state index contributed by atoms with van der Waals surface area (Å²) in [6.45, 7) is -0.640. The Labute approximate surface area is 181 Å². The Morgan fingerprint density at radius 3 is 2.38 bits per heavy atom. The van der Waals surface area contributed by atoms with Crippen LogP contribution >= 0.6 is 0 Å². The zero-order chi connectivity index (χ0) is 23.2. The molecule has 2 aliphatic rings. The molecule has 2 aromatic carbocycles. The number of Topliss-reactive ketones (excluding diaryl/α,β-unsaturated/α-hetero) is 1. The zero-order valence-electron chi connectivity index (χ0n) is 16.5. The number of carbonyl (C=O) groups is 1. The van der Waals surface area contributed by atoms with Gasteiger partial charge < -0.3 is 50.0 Å². The first-order valence-corrected chi connectivity index (χ1v) is 9.75. The second-order valence-corrected chi connectivity index (χ2v) is 7.61. The van der Waals surface area contributed by atoms with E-state index < -0.39 is 54.9 Å². The lowest BCUT2D eigenvalue weighted by molar-refractivity contribution is -0.277. The van der Waals surface area contributed by atoms with Gasteiger partial charge in [-0.15, -0.1) is 0 Å². The van der Waals surface area contributed by atoms with E-state index in [4.69, 9.17) is 14.2 Å². The lowest BCUT2D eigenvalue weighted by atomic mass is 9.95. The number of fused-ring (bicyclic) bond motifs is 1. The molecule has 0 saturated carbocycles. The summed E-state index contributed by atoms with van der Waals surface area (Å²) in [7, 11) is 0. The standard InChI is InChI=1S/C21H22O11/c22-7-16-18(27)19(28)20(29)21(32-16)30-9-4-12(25)17-13(26)6-14(31-15(17)5-9)8-1-2-10(23)11(24)3-8/h1-5,14,16,18-25,27-29H,6-7H2/t14-,16-,18+,19+,20+,21+/m0/s1. The van der Waals surface area contributed by atoms with Crippen molar-refractivity contribution in [3.63, 3.8) is 0 Å². The van der Waals surface area contributed by atoms with Gasteiger partial charge in [0, 0.05) is 12.1 Å². The minimum Gasteiger partial charge on any atom is -0.507 e. The van der Waals surface area contributed by atoms with Crippen LogP contribution in [-0.2, 0) is 4.74 Å². The van der Waals surface area contributed by atoms with Crippen molar-refractivity contribution in [2.24, 2.45) is 0 Å². The SMILES string of the molecule is O=C1C[C@@H](c2ccc(O)c(O)c2)Oc2cc(O[C@@H]3O[C@@H](CO)[C@@H](O)[C@@H](O)[C@H]3O)cc(O)c21. The number of aliphatic hydroxyl groups is 4. The predicted octanol–water partition coefficient (Wildman–Crippen LogP) is -0.311. The first-order valence-electron chi connectivity index (χ1n) is 9.75. The van der Waals surface area contributed by atoms with Gasteiger partial charge >= 0.3 is 0 Å². The number of hydrogen-bond donors (Lipinski definition) is 7. The van der Waals surface area contributed by atoms with Crippen molar-refractivity contribution in [1.82, 2.24) is 0 Å². The largest absolute Gasteiger partial charge is 0.507 e. The van der Waals surface area contributed by atoms with E-state index in [1.54, 1.807) is 0 Å². The number of aliphatic hydroxyl groups excluding tert-OH is 4. The Morgan fingerprint density at radius 1 is 0.938 bits per heavy atom. The predicted molar refractivity (Wildman–Crippen MR) is 105 cm³/mol. The van der Waals surface area contributed by atoms with Gasteiger partial charge in [-0.1, -0.05) is 6.07 Å². The van der Waals surface area contributed by atoms with E-state index >= 15 is 0 Å². The molecule has 7 N–H and O–H groups in total. The highest BCUT2D eigenvalue weighted by Gasteiger charge is 2.45. The average Bonchev–Trinajstić information content (AvgIpc) is 2.75. The fraction of sp³-hybridized carbons (Fsp3) is 0.381. The maximum absolute atomic E-state index is 12.6. The van der Waals surface area contributed by atoms with Gasteiger partial charge in [0.2, 0.25) is 6.29 Å². The fourth-order valence-corrected chi connectivity index (χ4v) is 3.71. The summed E-state index contributed by atoms with van der Waals surface area (Å²) in [5.74, 6) is -1.69. The number of phenols is 3. The van der Waals surface area contributed by atoms with Gasteiger partial charge in [0.15, 0.2) is 17.3 Å². The molecule has 0 amide bonds. The molecule has 11 heteroatoms. The second-order valence-electron chi connectivity index (χ2n) is 7.61. The Morgan fingerprint density at radius 2 is 1.69 bits per heavy atom. The minimum atomic E-state index is -1.67. The van der Waals surface area contributed by atoms with Crippen molar-refractivity contribution >= 4 is 5.78 Å². The van der Waals surface area contributed by atoms with E-state index in [-0.39, 0.29) is 35.0 Å². The van der Waals surface area contributed by atoms with E-state index in [2.05, 4.69) is 0 Å². The molecule has 0 unspecified atom stereocenters. The lowest BCUT2D eigenvalue weighted by Crippen LogP contribution is -2.60. The Kier molecular flexibility index (Phi) is 5.84. The number of carbonyl (C=O) groups excluding carboxylic acids is 1. The highest BCUT2D eigenvalue weighted by Crippen LogP contribution is 2.43. The maximum atomic E-state index is 12.6. The van der Waals surface area contributed by atoms with Crippen LogP contribution in [0.4, 0.5) is 0 Å². The molecule has 0 bridgehead atoms. The van der Waals surface area contributed by atoms with Crippen molar-refractivity contribution in [3.05, 3.63) is 41.5 Å². The highest BCUT2D eigenvalue weighted by atomic mass is 16.7. The molecule has 0 spiro atoms. The molecule has 0 radical (unpaired) electrons. The normalized spacial score (nSPS) is 29.8. The van der Waals surface area contributed by atoms with Crippen LogP contribution in [0.5, 0.6) is 28.7 Å². The summed E-state index contributed by atoms with van der Waals surface area (Å²) >= 11 is 0. The molecular weight excluding hydrogens is 428 g/mol. The van der Waals surface area contributed by atoms with Crippen LogP contribution in [0.25, 0.3) is 0 Å². The van der Waals surface area contributed by atoms with Gasteiger partial charge in [-0.25, -0.2) is 0 Å². The molecule has 1 saturated heterocycles. The maximum Gasteiger partial charge on any atom is 0.229 e. The van der Waals surface area contributed by atoms with Crippen LogP contribution in [0.3, 0.4) is 0 Å². The fourth-order valence-electron chi connectivity index (χ4n) is 3.71. The number of ketones is 1. The molecule has 6 atom stereocenters. The third kappa shape index (κ3) is 3.92. The van der Waals surface area contributed by atoms with Gasteiger partial charge in [0.25, 0.3) is 0 Å². The smallest absolute Gasteiger partial charge is 0.229 e. The molecule has 0 aliphatic carbocycles. The van der Waals surface area contributed by atoms with Crippen molar-refractivity contribution in [1.29, 1.82) is 0 Å². The van der Waals surface area contributed by atoms with Gasteiger partial charge in [-0.2, -0.15) is 0 Å². The van der Waals surface area contributed by atoms with E-state index in [0.29, 0.717) is 5.56 Å². The topological polar surface area (TPSA) is 186 Å². The van der Waals surface area contributed by atoms with E-state index in [9.17, 15) is 40.5 Å². The summed E-state index contributed by atoms with van der Waals surface area (Å²) in [6, 6.07) is 6.37. The second kappa shape index (κ2) is 8.45. The number of ether oxygens (including phenoxy) is 3. The molecule has 11 nitrogen and oxygen atoms in total. The molecule has 1 fully saturated rings. The van der Waals surface area contributed by atoms with Crippen LogP contribution in [0.1, 0.15) is 28.4 Å². The summed E-state index contributed by atoms with van der Waals surface area (Å²) < 4.78 is 16.6. The molecule has 32 heavy (non-hydrogen) atoms. The van der Waals surface area contributed by atoms with Crippen LogP contribution in [0.15, 0.2) is 30.3 Å². The van der Waals surface area contributed by atoms with Gasteiger partial charge in [-0.05, 0) is 17.7 Å². The van der Waals surface area contributed by atoms with Gasteiger partial charge in [0.1, 0.15) is 53.3 Å². The number of phenolic OH excluding ortho intramolecular Hbond substituents is 3. The monoisotopic (exact) mass is 450 g/mol. The summed E-state index contributed by atoms with van der Waals surface area (Å²) in [4.78, 5) is 12.6. The summed E-state index contributed by atoms with van der Waals surface area (Å²) in [6.07, 6.45) is -8.50. The lowest BCUT2D eigenvalue weighted by Gasteiger charge is -2.39. The molecule has 2 heterocycles. The third-order valence-corrected chi connectivity index (χ3v) is 5.45. The van der Waals surface area contributed by atoms with Crippen molar-refractivity contribution in [3.8, 4) is 28.7 Å². The number of hydrogen-bond acceptors (Lipinski definition) is 11. The molecule has 4 rings (SSSR count). The number of benzene rings is 2. The first kappa shape index (κ1) is 22.1. The Bertz CT molecular complexity index is 1020. The summed E-state index contributed by atoms with van der Waals surface area (Å²) in [5, 5.41) is 68.8. The third-order valence-electron chi connectivity index (χ3n) is 5.45. The van der Waals surface area contributed by atoms with E-state index in [0.717, 1.165) is 6.07 Å². The van der Waals surface area contributed by atoms with Crippen LogP contribution in [0, 0.1) is 0 Å². The molecule has 2 aliphatic heterocycles. The first-order chi connectivity index (χ1) is 15.2. The van der Waals surface area contributed by atoms with Gasteiger partial charge in [-0.3, -0.25) is 4.79 Å². The van der Waals surface area contributed by atoms with Crippen molar-refractivity contribution in [2.75, 3.05) is 6.61 Å². The summed E-state index contributed by atoms with van der Waals surface area (Å²) in [5.41, 5.74) is 0.337. The van der Waals surface area contributed by atoms with Crippen LogP contribution in [-0.4, -0.2) is 78.8 Å². The van der Waals surface area contributed by atoms with Crippen LogP contribution < -0.4 is 9.47 Å². The average molecular weight is 450 g/mol. The Balaban J connectivity index is 1.60. The van der Waals surface area contributed by atoms with Crippen molar-refractivity contribution in [2.45, 2.75) is 43.2 Å². The minimum absolute atomic E-state index is 0.0293.